The lowest BCUT2D eigenvalue weighted by atomic mass is 10.1. The van der Waals surface area contributed by atoms with Gasteiger partial charge < -0.3 is 4.74 Å². The molecule has 0 amide bonds. The highest BCUT2D eigenvalue weighted by molar-refractivity contribution is 7.98. The highest BCUT2D eigenvalue weighted by atomic mass is 32.2. The molecular weight excluding hydrogens is 272 g/mol. The van der Waals surface area contributed by atoms with E-state index in [1.54, 1.807) is 0 Å². The van der Waals surface area contributed by atoms with Crippen LogP contribution in [-0.2, 0) is 11.5 Å². The Kier molecular flexibility index (Phi) is 7.47. The third-order valence-electron chi connectivity index (χ3n) is 2.74. The van der Waals surface area contributed by atoms with E-state index in [0.29, 0.717) is 6.61 Å². The Morgan fingerprint density at radius 2 is 1.84 bits per heavy atom. The molecule has 0 aromatic heterocycles. The zero-order valence-electron chi connectivity index (χ0n) is 12.6. The lowest BCUT2D eigenvalue weighted by molar-refractivity contribution is 0.356. The van der Waals surface area contributed by atoms with Crippen molar-refractivity contribution in [1.29, 1.82) is 0 Å². The summed E-state index contributed by atoms with van der Waals surface area (Å²) in [7, 11) is 0. The van der Waals surface area contributed by atoms with Crippen LogP contribution in [0.3, 0.4) is 0 Å². The van der Waals surface area contributed by atoms with Crippen molar-refractivity contribution in [2.75, 3.05) is 19.1 Å². The molecule has 0 saturated carbocycles. The van der Waals surface area contributed by atoms with E-state index in [1.807, 2.05) is 23.5 Å². The monoisotopic (exact) mass is 296 g/mol. The summed E-state index contributed by atoms with van der Waals surface area (Å²) < 4.78 is 5.97. The summed E-state index contributed by atoms with van der Waals surface area (Å²) in [5.41, 5.74) is 5.25. The predicted octanol–water partition coefficient (Wildman–Crippen LogP) is 5.07. The molecule has 19 heavy (non-hydrogen) atoms. The van der Waals surface area contributed by atoms with Gasteiger partial charge in [-0.15, -0.1) is 0 Å². The van der Waals surface area contributed by atoms with Crippen molar-refractivity contribution in [3.8, 4) is 5.75 Å². The SMILES string of the molecule is CSCc1cc(C)c(OCC=C(C)C)c(CSC)c1. The van der Waals surface area contributed by atoms with E-state index in [4.69, 9.17) is 4.74 Å². The van der Waals surface area contributed by atoms with Crippen molar-refractivity contribution in [3.05, 3.63) is 40.5 Å². The first kappa shape index (κ1) is 16.5. The van der Waals surface area contributed by atoms with Crippen molar-refractivity contribution in [1.82, 2.24) is 0 Å². The van der Waals surface area contributed by atoms with Crippen LogP contribution >= 0.6 is 23.5 Å². The van der Waals surface area contributed by atoms with Crippen LogP contribution in [0.4, 0.5) is 0 Å². The molecule has 0 aliphatic carbocycles. The van der Waals surface area contributed by atoms with Crippen molar-refractivity contribution in [3.63, 3.8) is 0 Å². The zero-order valence-corrected chi connectivity index (χ0v) is 14.2. The molecule has 0 aliphatic heterocycles. The van der Waals surface area contributed by atoms with Crippen LogP contribution in [0, 0.1) is 6.92 Å². The third-order valence-corrected chi connectivity index (χ3v) is 3.96. The number of hydrogen-bond acceptors (Lipinski definition) is 3. The molecule has 1 aromatic carbocycles. The Labute approximate surface area is 126 Å². The van der Waals surface area contributed by atoms with Gasteiger partial charge in [-0.05, 0) is 50.5 Å². The molecule has 3 heteroatoms. The summed E-state index contributed by atoms with van der Waals surface area (Å²) in [5, 5.41) is 0. The quantitative estimate of drug-likeness (QED) is 0.650. The summed E-state index contributed by atoms with van der Waals surface area (Å²) in [6, 6.07) is 4.54. The number of thioether (sulfide) groups is 2. The van der Waals surface area contributed by atoms with Gasteiger partial charge in [0, 0.05) is 17.1 Å². The first-order valence-corrected chi connectivity index (χ1v) is 9.23. The van der Waals surface area contributed by atoms with E-state index >= 15 is 0 Å². The minimum atomic E-state index is 0.659. The molecule has 1 rings (SSSR count). The van der Waals surface area contributed by atoms with Gasteiger partial charge in [0.1, 0.15) is 12.4 Å². The van der Waals surface area contributed by atoms with Gasteiger partial charge >= 0.3 is 0 Å². The lowest BCUT2D eigenvalue weighted by Gasteiger charge is -2.15. The average molecular weight is 297 g/mol. The average Bonchev–Trinajstić information content (AvgIpc) is 2.33. The van der Waals surface area contributed by atoms with E-state index in [1.165, 1.54) is 22.3 Å². The summed E-state index contributed by atoms with van der Waals surface area (Å²) in [4.78, 5) is 0. The van der Waals surface area contributed by atoms with Crippen molar-refractivity contribution in [2.24, 2.45) is 0 Å². The van der Waals surface area contributed by atoms with Crippen LogP contribution in [-0.4, -0.2) is 19.1 Å². The van der Waals surface area contributed by atoms with Gasteiger partial charge in [-0.1, -0.05) is 17.7 Å². The third kappa shape index (κ3) is 5.53. The van der Waals surface area contributed by atoms with E-state index in [-0.39, 0.29) is 0 Å². The number of allylic oxidation sites excluding steroid dienone is 1. The molecule has 0 fully saturated rings. The van der Waals surface area contributed by atoms with Crippen molar-refractivity contribution >= 4 is 23.5 Å². The molecule has 0 unspecified atom stereocenters. The Morgan fingerprint density at radius 1 is 1.16 bits per heavy atom. The highest BCUT2D eigenvalue weighted by Gasteiger charge is 2.09. The second-order valence-electron chi connectivity index (χ2n) is 4.86. The minimum absolute atomic E-state index is 0.659. The molecule has 1 aromatic rings. The fourth-order valence-electron chi connectivity index (χ4n) is 1.94. The Hall–Kier alpha value is -0.540. The Morgan fingerprint density at radius 3 is 2.42 bits per heavy atom. The second kappa shape index (κ2) is 8.60. The summed E-state index contributed by atoms with van der Waals surface area (Å²) in [6.07, 6.45) is 6.40. The second-order valence-corrected chi connectivity index (χ2v) is 6.59. The van der Waals surface area contributed by atoms with Crippen LogP contribution in [0.2, 0.25) is 0 Å². The molecule has 0 atom stereocenters. The number of hydrogen-bond donors (Lipinski definition) is 0. The van der Waals surface area contributed by atoms with Gasteiger partial charge in [-0.25, -0.2) is 0 Å². The predicted molar refractivity (Wildman–Crippen MR) is 90.5 cm³/mol. The molecule has 1 nitrogen and oxygen atoms in total. The Bertz CT molecular complexity index is 435. The van der Waals surface area contributed by atoms with Crippen LogP contribution in [0.1, 0.15) is 30.5 Å². The van der Waals surface area contributed by atoms with E-state index in [2.05, 4.69) is 51.5 Å². The largest absolute Gasteiger partial charge is 0.489 e. The Balaban J connectivity index is 2.96. The van der Waals surface area contributed by atoms with Crippen LogP contribution in [0.15, 0.2) is 23.8 Å². The molecule has 0 bridgehead atoms. The number of ether oxygens (including phenoxy) is 1. The minimum Gasteiger partial charge on any atom is -0.489 e. The number of aryl methyl sites for hydroxylation is 1. The van der Waals surface area contributed by atoms with Crippen molar-refractivity contribution < 1.29 is 4.74 Å². The van der Waals surface area contributed by atoms with Crippen molar-refractivity contribution in [2.45, 2.75) is 32.3 Å². The maximum absolute atomic E-state index is 5.97. The van der Waals surface area contributed by atoms with E-state index in [9.17, 15) is 0 Å². The normalized spacial score (nSPS) is 10.4. The molecule has 0 N–H and O–H groups in total. The summed E-state index contributed by atoms with van der Waals surface area (Å²) >= 11 is 3.70. The first-order valence-electron chi connectivity index (χ1n) is 6.45. The van der Waals surface area contributed by atoms with E-state index in [0.717, 1.165) is 17.3 Å². The molecule has 0 radical (unpaired) electrons. The molecule has 0 aliphatic rings. The molecular formula is C16H24OS2. The highest BCUT2D eigenvalue weighted by Crippen LogP contribution is 2.29. The summed E-state index contributed by atoms with van der Waals surface area (Å²) in [5.74, 6) is 3.14. The van der Waals surface area contributed by atoms with Gasteiger partial charge in [0.05, 0.1) is 0 Å². The van der Waals surface area contributed by atoms with Crippen LogP contribution in [0.5, 0.6) is 5.75 Å². The topological polar surface area (TPSA) is 9.23 Å². The molecule has 0 spiro atoms. The standard InChI is InChI=1S/C16H24OS2/c1-12(2)6-7-17-16-13(3)8-14(10-18-4)9-15(16)11-19-5/h6,8-9H,7,10-11H2,1-5H3. The molecule has 106 valence electrons. The summed E-state index contributed by atoms with van der Waals surface area (Å²) in [6.45, 7) is 7.00. The maximum Gasteiger partial charge on any atom is 0.126 e. The number of rotatable bonds is 7. The maximum atomic E-state index is 5.97. The van der Waals surface area contributed by atoms with E-state index < -0.39 is 0 Å². The van der Waals surface area contributed by atoms with Crippen LogP contribution in [0.25, 0.3) is 0 Å². The van der Waals surface area contributed by atoms with Crippen LogP contribution < -0.4 is 4.74 Å². The van der Waals surface area contributed by atoms with Gasteiger partial charge in [-0.3, -0.25) is 0 Å². The molecule has 0 saturated heterocycles. The molecule has 0 heterocycles. The van der Waals surface area contributed by atoms with Gasteiger partial charge in [0.15, 0.2) is 0 Å². The fourth-order valence-corrected chi connectivity index (χ4v) is 2.96. The first-order chi connectivity index (χ1) is 9.08. The van der Waals surface area contributed by atoms with Gasteiger partial charge in [-0.2, -0.15) is 23.5 Å². The van der Waals surface area contributed by atoms with Gasteiger partial charge in [0.25, 0.3) is 0 Å². The number of benzene rings is 1. The smallest absolute Gasteiger partial charge is 0.126 e. The zero-order chi connectivity index (χ0) is 14.3. The lowest BCUT2D eigenvalue weighted by Crippen LogP contribution is -2.01. The van der Waals surface area contributed by atoms with Gasteiger partial charge in [0.2, 0.25) is 0 Å². The fraction of sp³-hybridized carbons (Fsp3) is 0.500.